The van der Waals surface area contributed by atoms with E-state index in [2.05, 4.69) is 26.0 Å². The van der Waals surface area contributed by atoms with Gasteiger partial charge in [0.2, 0.25) is 0 Å². The van der Waals surface area contributed by atoms with Gasteiger partial charge in [-0.3, -0.25) is 4.79 Å². The van der Waals surface area contributed by atoms with Crippen molar-refractivity contribution >= 4 is 27.5 Å². The summed E-state index contributed by atoms with van der Waals surface area (Å²) < 4.78 is 7.66. The third-order valence-corrected chi connectivity index (χ3v) is 4.98. The number of hydrogen-bond donors (Lipinski definition) is 0. The standard InChI is InChI=1S/C18H17BrN4O2/c1-25-14-6-4-12(5-7-14)16-3-2-8-22(16)18(24)15-10-21-23-11-13(19)9-20-17(15)23/h4-7,9-11,16H,2-3,8H2,1H3. The molecule has 1 aliphatic rings. The molecule has 0 aliphatic carbocycles. The average Bonchev–Trinajstić information content (AvgIpc) is 3.28. The van der Waals surface area contributed by atoms with Crippen LogP contribution in [0.5, 0.6) is 5.75 Å². The van der Waals surface area contributed by atoms with E-state index in [9.17, 15) is 4.79 Å². The van der Waals surface area contributed by atoms with E-state index in [4.69, 9.17) is 4.74 Å². The van der Waals surface area contributed by atoms with Crippen LogP contribution in [0.3, 0.4) is 0 Å². The Hall–Kier alpha value is -2.41. The minimum Gasteiger partial charge on any atom is -0.497 e. The molecule has 6 nitrogen and oxygen atoms in total. The van der Waals surface area contributed by atoms with Gasteiger partial charge < -0.3 is 9.64 Å². The van der Waals surface area contributed by atoms with Gasteiger partial charge in [-0.1, -0.05) is 12.1 Å². The van der Waals surface area contributed by atoms with Crippen molar-refractivity contribution in [1.82, 2.24) is 19.5 Å². The van der Waals surface area contributed by atoms with Gasteiger partial charge in [0.15, 0.2) is 5.65 Å². The molecule has 0 radical (unpaired) electrons. The van der Waals surface area contributed by atoms with Crippen molar-refractivity contribution < 1.29 is 9.53 Å². The van der Waals surface area contributed by atoms with E-state index in [0.29, 0.717) is 11.2 Å². The summed E-state index contributed by atoms with van der Waals surface area (Å²) in [5.41, 5.74) is 2.24. The van der Waals surface area contributed by atoms with Crippen LogP contribution in [0.4, 0.5) is 0 Å². The van der Waals surface area contributed by atoms with Gasteiger partial charge in [0.05, 0.1) is 23.8 Å². The number of nitrogens with zero attached hydrogens (tertiary/aromatic N) is 4. The Kier molecular flexibility index (Phi) is 4.17. The normalized spacial score (nSPS) is 17.2. The number of benzene rings is 1. The van der Waals surface area contributed by atoms with Crippen molar-refractivity contribution in [1.29, 1.82) is 0 Å². The molecule has 4 rings (SSSR count). The van der Waals surface area contributed by atoms with Gasteiger partial charge in [-0.2, -0.15) is 5.10 Å². The van der Waals surface area contributed by atoms with Gasteiger partial charge in [0.1, 0.15) is 11.3 Å². The Morgan fingerprint density at radius 2 is 2.08 bits per heavy atom. The minimum absolute atomic E-state index is 0.0249. The first-order chi connectivity index (χ1) is 12.2. The molecule has 0 saturated carbocycles. The first-order valence-corrected chi connectivity index (χ1v) is 8.90. The molecule has 0 N–H and O–H groups in total. The molecule has 1 unspecified atom stereocenters. The van der Waals surface area contributed by atoms with Crippen molar-refractivity contribution in [3.63, 3.8) is 0 Å². The van der Waals surface area contributed by atoms with Crippen molar-refractivity contribution in [3.8, 4) is 5.75 Å². The molecule has 1 saturated heterocycles. The molecular weight excluding hydrogens is 384 g/mol. The highest BCUT2D eigenvalue weighted by molar-refractivity contribution is 9.10. The predicted molar refractivity (Wildman–Crippen MR) is 96.7 cm³/mol. The Balaban J connectivity index is 1.65. The summed E-state index contributed by atoms with van der Waals surface area (Å²) in [7, 11) is 1.65. The molecule has 1 aliphatic heterocycles. The second kappa shape index (κ2) is 6.48. The Labute approximate surface area is 153 Å². The Bertz CT molecular complexity index is 922. The highest BCUT2D eigenvalue weighted by Gasteiger charge is 2.32. The first-order valence-electron chi connectivity index (χ1n) is 8.11. The molecule has 2 aromatic heterocycles. The quantitative estimate of drug-likeness (QED) is 0.675. The zero-order chi connectivity index (χ0) is 17.4. The molecule has 1 amide bonds. The van der Waals surface area contributed by atoms with E-state index in [1.54, 1.807) is 30.2 Å². The lowest BCUT2D eigenvalue weighted by molar-refractivity contribution is 0.0737. The number of carbonyl (C=O) groups is 1. The second-order valence-corrected chi connectivity index (χ2v) is 6.94. The number of amides is 1. The van der Waals surface area contributed by atoms with E-state index in [-0.39, 0.29) is 11.9 Å². The molecule has 7 heteroatoms. The number of rotatable bonds is 3. The van der Waals surface area contributed by atoms with Crippen molar-refractivity contribution in [2.75, 3.05) is 13.7 Å². The van der Waals surface area contributed by atoms with Crippen LogP contribution in [-0.4, -0.2) is 39.1 Å². The number of fused-ring (bicyclic) bond motifs is 1. The van der Waals surface area contributed by atoms with Gasteiger partial charge in [-0.25, -0.2) is 9.50 Å². The van der Waals surface area contributed by atoms with Crippen LogP contribution in [0.2, 0.25) is 0 Å². The summed E-state index contributed by atoms with van der Waals surface area (Å²) in [5, 5.41) is 4.25. The third-order valence-electron chi connectivity index (χ3n) is 4.57. The van der Waals surface area contributed by atoms with E-state index in [1.165, 1.54) is 0 Å². The van der Waals surface area contributed by atoms with Crippen LogP contribution in [0.25, 0.3) is 5.65 Å². The first kappa shape index (κ1) is 16.1. The molecule has 1 atom stereocenters. The number of ether oxygens (including phenoxy) is 1. The fourth-order valence-corrected chi connectivity index (χ4v) is 3.64. The summed E-state index contributed by atoms with van der Waals surface area (Å²) in [6, 6.07) is 8.00. The number of likely N-dealkylation sites (tertiary alicyclic amines) is 1. The Morgan fingerprint density at radius 1 is 1.28 bits per heavy atom. The van der Waals surface area contributed by atoms with E-state index in [0.717, 1.165) is 35.2 Å². The summed E-state index contributed by atoms with van der Waals surface area (Å²) >= 11 is 3.37. The van der Waals surface area contributed by atoms with Crippen LogP contribution in [-0.2, 0) is 0 Å². The lowest BCUT2D eigenvalue weighted by Gasteiger charge is -2.24. The van der Waals surface area contributed by atoms with Crippen molar-refractivity contribution in [3.05, 3.63) is 58.5 Å². The van der Waals surface area contributed by atoms with Gasteiger partial charge in [-0.15, -0.1) is 0 Å². The van der Waals surface area contributed by atoms with Gasteiger partial charge >= 0.3 is 0 Å². The van der Waals surface area contributed by atoms with E-state index in [1.807, 2.05) is 29.2 Å². The number of hydrogen-bond acceptors (Lipinski definition) is 4. The van der Waals surface area contributed by atoms with Gasteiger partial charge in [0, 0.05) is 18.9 Å². The molecule has 3 aromatic rings. The fraction of sp³-hybridized carbons (Fsp3) is 0.278. The SMILES string of the molecule is COc1ccc(C2CCCN2C(=O)c2cnn3cc(Br)cnc23)cc1. The summed E-state index contributed by atoms with van der Waals surface area (Å²) in [6.45, 7) is 0.739. The van der Waals surface area contributed by atoms with Crippen LogP contribution in [0, 0.1) is 0 Å². The van der Waals surface area contributed by atoms with Crippen LogP contribution in [0.15, 0.2) is 47.3 Å². The number of methoxy groups -OCH3 is 1. The molecule has 0 bridgehead atoms. The molecule has 1 fully saturated rings. The number of aromatic nitrogens is 3. The second-order valence-electron chi connectivity index (χ2n) is 6.03. The zero-order valence-corrected chi connectivity index (χ0v) is 15.3. The lowest BCUT2D eigenvalue weighted by atomic mass is 10.0. The maximum atomic E-state index is 13.1. The summed E-state index contributed by atoms with van der Waals surface area (Å²) in [5.74, 6) is 0.792. The van der Waals surface area contributed by atoms with Gasteiger partial charge in [-0.05, 0) is 46.5 Å². The van der Waals surface area contributed by atoms with Crippen LogP contribution < -0.4 is 4.74 Å². The highest BCUT2D eigenvalue weighted by atomic mass is 79.9. The summed E-state index contributed by atoms with van der Waals surface area (Å²) in [4.78, 5) is 19.4. The maximum absolute atomic E-state index is 13.1. The predicted octanol–water partition coefficient (Wildman–Crippen LogP) is 3.48. The molecule has 3 heterocycles. The highest BCUT2D eigenvalue weighted by Crippen LogP contribution is 2.34. The molecule has 128 valence electrons. The molecule has 1 aromatic carbocycles. The smallest absolute Gasteiger partial charge is 0.259 e. The van der Waals surface area contributed by atoms with E-state index >= 15 is 0 Å². The third kappa shape index (κ3) is 2.89. The minimum atomic E-state index is -0.0249. The molecule has 0 spiro atoms. The topological polar surface area (TPSA) is 59.7 Å². The largest absolute Gasteiger partial charge is 0.497 e. The maximum Gasteiger partial charge on any atom is 0.259 e. The molecule has 25 heavy (non-hydrogen) atoms. The lowest BCUT2D eigenvalue weighted by Crippen LogP contribution is -2.30. The van der Waals surface area contributed by atoms with Crippen molar-refractivity contribution in [2.45, 2.75) is 18.9 Å². The van der Waals surface area contributed by atoms with Crippen molar-refractivity contribution in [2.24, 2.45) is 0 Å². The zero-order valence-electron chi connectivity index (χ0n) is 13.7. The Morgan fingerprint density at radius 3 is 2.84 bits per heavy atom. The van der Waals surface area contributed by atoms with E-state index < -0.39 is 0 Å². The van der Waals surface area contributed by atoms with Crippen LogP contribution in [0.1, 0.15) is 34.8 Å². The number of halogens is 1. The molecular formula is C18H17BrN4O2. The fourth-order valence-electron chi connectivity index (χ4n) is 3.34. The monoisotopic (exact) mass is 400 g/mol. The summed E-state index contributed by atoms with van der Waals surface area (Å²) in [6.07, 6.45) is 7.01. The van der Waals surface area contributed by atoms with Gasteiger partial charge in [0.25, 0.3) is 5.91 Å². The number of carbonyl (C=O) groups excluding carboxylic acids is 1. The van der Waals surface area contributed by atoms with Crippen LogP contribution >= 0.6 is 15.9 Å². The average molecular weight is 401 g/mol.